The monoisotopic (exact) mass is 303 g/mol. The zero-order chi connectivity index (χ0) is 15.3. The Labute approximate surface area is 138 Å². The minimum absolute atomic E-state index is 0.858. The molecule has 1 aliphatic carbocycles. The Morgan fingerprint density at radius 3 is 1.82 bits per heavy atom. The molecule has 0 bridgehead atoms. The van der Waals surface area contributed by atoms with E-state index in [1.54, 1.807) is 0 Å². The summed E-state index contributed by atoms with van der Waals surface area (Å²) >= 11 is 0. The third kappa shape index (κ3) is 7.63. The van der Waals surface area contributed by atoms with E-state index in [0.717, 1.165) is 6.04 Å². The fourth-order valence-electron chi connectivity index (χ4n) is 3.91. The van der Waals surface area contributed by atoms with E-state index >= 15 is 0 Å². The van der Waals surface area contributed by atoms with E-state index in [-0.39, 0.29) is 0 Å². The predicted octanol–water partition coefficient (Wildman–Crippen LogP) is 6.26. The van der Waals surface area contributed by atoms with Crippen molar-refractivity contribution in [2.24, 2.45) is 0 Å². The molecule has 0 saturated heterocycles. The van der Waals surface area contributed by atoms with Gasteiger partial charge in [0.15, 0.2) is 0 Å². The molecule has 0 N–H and O–H groups in total. The van der Waals surface area contributed by atoms with Crippen LogP contribution in [-0.2, 0) is 0 Å². The van der Waals surface area contributed by atoms with Crippen LogP contribution < -0.4 is 0 Å². The van der Waals surface area contributed by atoms with Crippen molar-refractivity contribution in [1.82, 2.24) is 4.90 Å². The standard InChI is InChI=1S/C21H37N/c1-2-6-10-14-18-21(17-13-9-5-1)22-19-15-11-7-3-4-8-12-16-20-22/h1,3,5,7,21H,2,4,6,8-20H2. The largest absolute Gasteiger partial charge is 0.300 e. The van der Waals surface area contributed by atoms with Crippen LogP contribution in [-0.4, -0.2) is 24.0 Å². The second-order valence-electron chi connectivity index (χ2n) is 7.19. The molecule has 0 aromatic rings. The van der Waals surface area contributed by atoms with Gasteiger partial charge in [0.25, 0.3) is 0 Å². The summed E-state index contributed by atoms with van der Waals surface area (Å²) < 4.78 is 0. The van der Waals surface area contributed by atoms with E-state index in [1.807, 2.05) is 0 Å². The Hall–Kier alpha value is -0.560. The van der Waals surface area contributed by atoms with Crippen molar-refractivity contribution in [3.8, 4) is 0 Å². The summed E-state index contributed by atoms with van der Waals surface area (Å²) in [6, 6.07) is 0.858. The molecule has 0 spiro atoms. The topological polar surface area (TPSA) is 3.24 Å². The molecule has 0 radical (unpaired) electrons. The van der Waals surface area contributed by atoms with Gasteiger partial charge < -0.3 is 4.90 Å². The lowest BCUT2D eigenvalue weighted by atomic mass is 10.00. The Bertz CT molecular complexity index is 286. The summed E-state index contributed by atoms with van der Waals surface area (Å²) in [5, 5.41) is 0. The highest BCUT2D eigenvalue weighted by atomic mass is 15.1. The molecular weight excluding hydrogens is 266 g/mol. The first kappa shape index (κ1) is 17.8. The molecule has 2 aliphatic rings. The van der Waals surface area contributed by atoms with Crippen LogP contribution in [0.15, 0.2) is 24.3 Å². The summed E-state index contributed by atoms with van der Waals surface area (Å²) in [7, 11) is 0. The minimum atomic E-state index is 0.858. The van der Waals surface area contributed by atoms with Crippen molar-refractivity contribution in [2.45, 2.75) is 95.9 Å². The van der Waals surface area contributed by atoms with E-state index in [0.29, 0.717) is 0 Å². The molecule has 1 heteroatoms. The number of hydrogen-bond donors (Lipinski definition) is 0. The van der Waals surface area contributed by atoms with Gasteiger partial charge in [-0.15, -0.1) is 0 Å². The first-order chi connectivity index (χ1) is 11.0. The maximum absolute atomic E-state index is 2.86. The van der Waals surface area contributed by atoms with Crippen LogP contribution in [0.5, 0.6) is 0 Å². The third-order valence-electron chi connectivity index (χ3n) is 5.30. The number of hydrogen-bond acceptors (Lipinski definition) is 1. The van der Waals surface area contributed by atoms with Gasteiger partial charge >= 0.3 is 0 Å². The first-order valence-electron chi connectivity index (χ1n) is 10.0. The number of rotatable bonds is 1. The van der Waals surface area contributed by atoms with Crippen LogP contribution in [0.3, 0.4) is 0 Å². The zero-order valence-corrected chi connectivity index (χ0v) is 14.6. The smallest absolute Gasteiger partial charge is 0.00953 e. The van der Waals surface area contributed by atoms with Gasteiger partial charge in [-0.05, 0) is 83.7 Å². The van der Waals surface area contributed by atoms with Gasteiger partial charge in [0.2, 0.25) is 0 Å². The molecule has 22 heavy (non-hydrogen) atoms. The van der Waals surface area contributed by atoms with Crippen LogP contribution in [0.1, 0.15) is 89.9 Å². The second kappa shape index (κ2) is 11.9. The van der Waals surface area contributed by atoms with E-state index in [9.17, 15) is 0 Å². The Balaban J connectivity index is 1.87. The van der Waals surface area contributed by atoms with Crippen molar-refractivity contribution in [2.75, 3.05) is 13.1 Å². The summed E-state index contributed by atoms with van der Waals surface area (Å²) in [5.74, 6) is 0. The average molecular weight is 304 g/mol. The van der Waals surface area contributed by atoms with E-state index in [4.69, 9.17) is 0 Å². The lowest BCUT2D eigenvalue weighted by molar-refractivity contribution is 0.167. The lowest BCUT2D eigenvalue weighted by Gasteiger charge is -2.32. The average Bonchev–Trinajstić information content (AvgIpc) is 2.64. The minimum Gasteiger partial charge on any atom is -0.300 e. The molecular formula is C21H37N. The van der Waals surface area contributed by atoms with Crippen LogP contribution in [0.4, 0.5) is 0 Å². The normalized spacial score (nSPS) is 27.7. The van der Waals surface area contributed by atoms with E-state index in [1.165, 1.54) is 103 Å². The molecule has 0 fully saturated rings. The first-order valence-corrected chi connectivity index (χ1v) is 10.0. The molecule has 0 saturated carbocycles. The van der Waals surface area contributed by atoms with Crippen LogP contribution in [0.2, 0.25) is 0 Å². The summed E-state index contributed by atoms with van der Waals surface area (Å²) in [5.41, 5.74) is 0. The number of nitrogens with zero attached hydrogens (tertiary/aromatic N) is 1. The highest BCUT2D eigenvalue weighted by Gasteiger charge is 2.17. The quantitative estimate of drug-likeness (QED) is 0.517. The second-order valence-corrected chi connectivity index (χ2v) is 7.19. The van der Waals surface area contributed by atoms with Crippen molar-refractivity contribution in [3.05, 3.63) is 24.3 Å². The van der Waals surface area contributed by atoms with Gasteiger partial charge in [-0.3, -0.25) is 0 Å². The van der Waals surface area contributed by atoms with Gasteiger partial charge in [-0.25, -0.2) is 0 Å². The summed E-state index contributed by atoms with van der Waals surface area (Å²) in [4.78, 5) is 2.86. The molecule has 2 rings (SSSR count). The molecule has 0 aromatic heterocycles. The highest BCUT2D eigenvalue weighted by Crippen LogP contribution is 2.20. The van der Waals surface area contributed by atoms with Crippen molar-refractivity contribution in [1.29, 1.82) is 0 Å². The molecule has 1 heterocycles. The number of allylic oxidation sites excluding steroid dienone is 4. The maximum Gasteiger partial charge on any atom is 0.00953 e. The lowest BCUT2D eigenvalue weighted by Crippen LogP contribution is -2.37. The molecule has 1 aliphatic heterocycles. The summed E-state index contributed by atoms with van der Waals surface area (Å²) in [6.45, 7) is 2.67. The molecule has 0 amide bonds. The van der Waals surface area contributed by atoms with Crippen LogP contribution in [0.25, 0.3) is 0 Å². The van der Waals surface area contributed by atoms with Crippen molar-refractivity contribution < 1.29 is 0 Å². The van der Waals surface area contributed by atoms with Gasteiger partial charge in [0.1, 0.15) is 0 Å². The highest BCUT2D eigenvalue weighted by molar-refractivity contribution is 4.85. The van der Waals surface area contributed by atoms with Gasteiger partial charge in [0, 0.05) is 6.04 Å². The fraction of sp³-hybridized carbons (Fsp3) is 0.810. The third-order valence-corrected chi connectivity index (χ3v) is 5.30. The Morgan fingerprint density at radius 1 is 0.500 bits per heavy atom. The predicted molar refractivity (Wildman–Crippen MR) is 98.3 cm³/mol. The van der Waals surface area contributed by atoms with Gasteiger partial charge in [-0.1, -0.05) is 43.6 Å². The van der Waals surface area contributed by atoms with Crippen LogP contribution >= 0.6 is 0 Å². The SMILES string of the molecule is C1=CCCCC(N2CCCC=CCCCCC2)CCCCC1. The molecule has 1 unspecified atom stereocenters. The van der Waals surface area contributed by atoms with Crippen molar-refractivity contribution in [3.63, 3.8) is 0 Å². The van der Waals surface area contributed by atoms with Crippen molar-refractivity contribution >= 4 is 0 Å². The Morgan fingerprint density at radius 2 is 1.05 bits per heavy atom. The van der Waals surface area contributed by atoms with Crippen LogP contribution in [0, 0.1) is 0 Å². The van der Waals surface area contributed by atoms with E-state index in [2.05, 4.69) is 29.2 Å². The fourth-order valence-corrected chi connectivity index (χ4v) is 3.91. The Kier molecular flexibility index (Phi) is 9.65. The summed E-state index contributed by atoms with van der Waals surface area (Å²) in [6.07, 6.45) is 28.9. The van der Waals surface area contributed by atoms with Gasteiger partial charge in [0.05, 0.1) is 0 Å². The molecule has 1 atom stereocenters. The van der Waals surface area contributed by atoms with E-state index < -0.39 is 0 Å². The molecule has 0 aromatic carbocycles. The molecule has 1 nitrogen and oxygen atoms in total. The molecule has 126 valence electrons. The maximum atomic E-state index is 2.86. The van der Waals surface area contributed by atoms with Gasteiger partial charge in [-0.2, -0.15) is 0 Å². The zero-order valence-electron chi connectivity index (χ0n) is 14.6.